The molecule has 2 aliphatic carbocycles. The van der Waals surface area contributed by atoms with Gasteiger partial charge in [-0.1, -0.05) is 32.3 Å². The topological polar surface area (TPSA) is 83.9 Å². The second-order valence-corrected chi connectivity index (χ2v) is 12.5. The van der Waals surface area contributed by atoms with Gasteiger partial charge in [0.15, 0.2) is 11.6 Å². The molecule has 2 aromatic heterocycles. The van der Waals surface area contributed by atoms with Crippen molar-refractivity contribution in [3.63, 3.8) is 0 Å². The maximum absolute atomic E-state index is 16.1. The zero-order valence-electron chi connectivity index (χ0n) is 23.7. The summed E-state index contributed by atoms with van der Waals surface area (Å²) in [6.07, 6.45) is 7.97. The van der Waals surface area contributed by atoms with Gasteiger partial charge in [-0.3, -0.25) is 14.3 Å². The Bertz CT molecular complexity index is 1430. The second-order valence-electron chi connectivity index (χ2n) is 12.5. The molecule has 3 aromatic rings. The van der Waals surface area contributed by atoms with Crippen molar-refractivity contribution >= 4 is 22.7 Å². The van der Waals surface area contributed by atoms with Crippen LogP contribution in [-0.4, -0.2) is 55.4 Å². The number of H-pyrrole nitrogens is 1. The number of alkyl halides is 2. The Morgan fingerprint density at radius 1 is 1.10 bits per heavy atom. The van der Waals surface area contributed by atoms with Gasteiger partial charge in [-0.15, -0.1) is 0 Å². The van der Waals surface area contributed by atoms with Crippen molar-refractivity contribution in [3.05, 3.63) is 47.3 Å². The smallest absolute Gasteiger partial charge is 0.282 e. The van der Waals surface area contributed by atoms with Crippen LogP contribution in [0.2, 0.25) is 0 Å². The molecule has 3 aliphatic rings. The number of likely N-dealkylation sites (tertiary alicyclic amines) is 1. The molecule has 41 heavy (non-hydrogen) atoms. The van der Waals surface area contributed by atoms with Gasteiger partial charge in [0.2, 0.25) is 5.91 Å². The monoisotopic (exact) mass is 569 g/mol. The molecule has 0 bridgehead atoms. The largest absolute Gasteiger partial charge is 0.342 e. The van der Waals surface area contributed by atoms with Crippen LogP contribution in [0.4, 0.5) is 13.2 Å². The first-order valence-corrected chi connectivity index (χ1v) is 15.0. The molecule has 2 unspecified atom stereocenters. The Balaban J connectivity index is 1.29. The highest BCUT2D eigenvalue weighted by molar-refractivity contribution is 5.95. The number of nitrogens with zero attached hydrogens (tertiary/aromatic N) is 4. The summed E-state index contributed by atoms with van der Waals surface area (Å²) in [5.74, 6) is -3.14. The van der Waals surface area contributed by atoms with Gasteiger partial charge in [-0.05, 0) is 68.1 Å². The number of amides is 1. The van der Waals surface area contributed by atoms with Crippen molar-refractivity contribution in [2.24, 2.45) is 17.8 Å². The highest BCUT2D eigenvalue weighted by Crippen LogP contribution is 2.45. The lowest BCUT2D eigenvalue weighted by atomic mass is 9.74. The van der Waals surface area contributed by atoms with Gasteiger partial charge < -0.3 is 9.88 Å². The van der Waals surface area contributed by atoms with Gasteiger partial charge in [0.25, 0.3) is 5.92 Å². The SMILES string of the molecule is CCn1nccc1C(=O)C[C@H](c1nc2c(F)c(C3CCCC3C(=O)N3CC(F)(F)C3)ccc2[nH]1)C1CCC(C)CC1. The Hall–Kier alpha value is -3.17. The number of hydrogen-bond donors (Lipinski definition) is 1. The molecule has 1 N–H and O–H groups in total. The van der Waals surface area contributed by atoms with Crippen LogP contribution in [0, 0.1) is 23.6 Å². The molecular weight excluding hydrogens is 531 g/mol. The quantitative estimate of drug-likeness (QED) is 0.316. The van der Waals surface area contributed by atoms with E-state index in [-0.39, 0.29) is 41.4 Å². The fourth-order valence-electron chi connectivity index (χ4n) is 7.37. The van der Waals surface area contributed by atoms with E-state index < -0.39 is 30.7 Å². The summed E-state index contributed by atoms with van der Waals surface area (Å²) in [5, 5.41) is 4.26. The number of ketones is 1. The van der Waals surface area contributed by atoms with E-state index in [2.05, 4.69) is 17.0 Å². The van der Waals surface area contributed by atoms with Crippen LogP contribution in [0.1, 0.15) is 98.9 Å². The van der Waals surface area contributed by atoms with Crippen LogP contribution in [0.25, 0.3) is 11.0 Å². The number of benzene rings is 1. The first-order valence-electron chi connectivity index (χ1n) is 15.0. The van der Waals surface area contributed by atoms with Crippen LogP contribution in [0.15, 0.2) is 24.4 Å². The lowest BCUT2D eigenvalue weighted by Gasteiger charge is -2.40. The van der Waals surface area contributed by atoms with E-state index >= 15 is 4.39 Å². The van der Waals surface area contributed by atoms with Crippen molar-refractivity contribution in [2.45, 2.75) is 89.5 Å². The third-order valence-corrected chi connectivity index (χ3v) is 9.72. The summed E-state index contributed by atoms with van der Waals surface area (Å²) in [7, 11) is 0. The number of carbonyl (C=O) groups excluding carboxylic acids is 2. The van der Waals surface area contributed by atoms with Crippen LogP contribution in [0.3, 0.4) is 0 Å². The zero-order chi connectivity index (χ0) is 28.9. The number of aryl methyl sites for hydroxylation is 1. The molecule has 3 atom stereocenters. The van der Waals surface area contributed by atoms with Gasteiger partial charge in [-0.25, -0.2) is 18.2 Å². The fraction of sp³-hybridized carbons (Fsp3) is 0.613. The number of rotatable bonds is 8. The van der Waals surface area contributed by atoms with Crippen LogP contribution in [-0.2, 0) is 11.3 Å². The molecule has 7 nitrogen and oxygen atoms in total. The number of Topliss-reactive ketones (excluding diaryl/α,β-unsaturated/α-hetero) is 1. The summed E-state index contributed by atoms with van der Waals surface area (Å²) < 4.78 is 44.7. The number of carbonyl (C=O) groups is 2. The zero-order valence-corrected chi connectivity index (χ0v) is 23.7. The molecule has 1 aliphatic heterocycles. The second kappa shape index (κ2) is 10.9. The summed E-state index contributed by atoms with van der Waals surface area (Å²) in [6.45, 7) is 3.69. The first kappa shape index (κ1) is 28.0. The number of nitrogens with one attached hydrogen (secondary N) is 1. The molecule has 3 fully saturated rings. The minimum atomic E-state index is -2.83. The predicted octanol–water partition coefficient (Wildman–Crippen LogP) is 6.46. The molecule has 1 aromatic carbocycles. The van der Waals surface area contributed by atoms with E-state index in [0.29, 0.717) is 47.9 Å². The number of halogens is 3. The Labute approximate surface area is 237 Å². The number of aromatic amines is 1. The molecule has 0 spiro atoms. The minimum absolute atomic E-state index is 0.00142. The van der Waals surface area contributed by atoms with Crippen molar-refractivity contribution in [2.75, 3.05) is 13.1 Å². The number of fused-ring (bicyclic) bond motifs is 1. The van der Waals surface area contributed by atoms with E-state index in [4.69, 9.17) is 4.98 Å². The van der Waals surface area contributed by atoms with Gasteiger partial charge in [0, 0.05) is 31.0 Å². The molecule has 0 radical (unpaired) electrons. The highest BCUT2D eigenvalue weighted by Gasteiger charge is 2.49. The van der Waals surface area contributed by atoms with E-state index in [9.17, 15) is 18.4 Å². The van der Waals surface area contributed by atoms with E-state index in [0.717, 1.165) is 32.1 Å². The Morgan fingerprint density at radius 2 is 1.85 bits per heavy atom. The third kappa shape index (κ3) is 5.30. The van der Waals surface area contributed by atoms with Gasteiger partial charge in [0.1, 0.15) is 17.0 Å². The number of aromatic nitrogens is 4. The molecule has 1 amide bonds. The van der Waals surface area contributed by atoms with Crippen LogP contribution >= 0.6 is 0 Å². The molecule has 3 heterocycles. The molecule has 220 valence electrons. The standard InChI is InChI=1S/C31H38F3N5O2/c1-3-39-25(13-14-35-39)26(40)15-23(19-9-7-18(2)8-10-19)29-36-24-12-11-21(27(32)28(24)37-29)20-5-4-6-22(20)30(41)38-16-31(33,34)17-38/h11-14,18-20,22-23H,3-10,15-17H2,1-2H3,(H,36,37)/t18?,19?,20?,22?,23-/m0/s1. The fourth-order valence-corrected chi connectivity index (χ4v) is 7.37. The summed E-state index contributed by atoms with van der Waals surface area (Å²) in [6, 6.07) is 5.26. The number of imidazole rings is 1. The maximum atomic E-state index is 16.1. The predicted molar refractivity (Wildman–Crippen MR) is 148 cm³/mol. The molecule has 2 saturated carbocycles. The van der Waals surface area contributed by atoms with Gasteiger partial charge >= 0.3 is 0 Å². The molecule has 1 saturated heterocycles. The molecule has 6 rings (SSSR count). The summed E-state index contributed by atoms with van der Waals surface area (Å²) in [4.78, 5) is 35.8. The summed E-state index contributed by atoms with van der Waals surface area (Å²) in [5.41, 5.74) is 1.77. The molecular formula is C31H38F3N5O2. The van der Waals surface area contributed by atoms with Crippen LogP contribution in [0.5, 0.6) is 0 Å². The van der Waals surface area contributed by atoms with Crippen molar-refractivity contribution in [1.82, 2.24) is 24.6 Å². The van der Waals surface area contributed by atoms with E-state index in [1.54, 1.807) is 29.1 Å². The highest BCUT2D eigenvalue weighted by atomic mass is 19.3. The minimum Gasteiger partial charge on any atom is -0.342 e. The lowest BCUT2D eigenvalue weighted by Crippen LogP contribution is -2.59. The van der Waals surface area contributed by atoms with Gasteiger partial charge in [-0.2, -0.15) is 5.10 Å². The van der Waals surface area contributed by atoms with Crippen molar-refractivity contribution in [3.8, 4) is 0 Å². The normalized spacial score (nSPS) is 26.7. The maximum Gasteiger partial charge on any atom is 0.282 e. The van der Waals surface area contributed by atoms with Gasteiger partial charge in [0.05, 0.1) is 18.6 Å². The molecule has 10 heteroatoms. The number of hydrogen-bond acceptors (Lipinski definition) is 4. The van der Waals surface area contributed by atoms with E-state index in [1.807, 2.05) is 6.92 Å². The lowest BCUT2D eigenvalue weighted by molar-refractivity contribution is -0.169. The average Bonchev–Trinajstić information content (AvgIpc) is 3.70. The van der Waals surface area contributed by atoms with Crippen molar-refractivity contribution < 1.29 is 22.8 Å². The van der Waals surface area contributed by atoms with Crippen LogP contribution < -0.4 is 0 Å². The Kier molecular flexibility index (Phi) is 7.44. The Morgan fingerprint density at radius 3 is 2.56 bits per heavy atom. The average molecular weight is 570 g/mol. The third-order valence-electron chi connectivity index (χ3n) is 9.72. The summed E-state index contributed by atoms with van der Waals surface area (Å²) >= 11 is 0. The van der Waals surface area contributed by atoms with Crippen molar-refractivity contribution in [1.29, 1.82) is 0 Å². The first-order chi connectivity index (χ1) is 19.6. The van der Waals surface area contributed by atoms with E-state index in [1.165, 1.54) is 4.90 Å².